The van der Waals surface area contributed by atoms with E-state index in [0.29, 0.717) is 35.7 Å². The standard InChI is InChI=1S/C22H28N2O5S/c1-6-24(30(5,26)27)16-9-7-15(8-10-16)21(25)23-19-14-22(2,3)29-20-13-17(28-4)11-12-18(19)20/h7-13,19H,6,14H2,1-5H3,(H,23,25)/t19-/m1/s1. The number of fused-ring (bicyclic) bond motifs is 1. The number of amides is 1. The monoisotopic (exact) mass is 432 g/mol. The third-order valence-electron chi connectivity index (χ3n) is 5.09. The number of nitrogens with one attached hydrogen (secondary N) is 1. The Bertz CT molecular complexity index is 1030. The lowest BCUT2D eigenvalue weighted by atomic mass is 9.89. The molecule has 0 aromatic heterocycles. The zero-order valence-electron chi connectivity index (χ0n) is 17.9. The van der Waals surface area contributed by atoms with Crippen molar-refractivity contribution in [3.63, 3.8) is 0 Å². The number of hydrogen-bond acceptors (Lipinski definition) is 5. The summed E-state index contributed by atoms with van der Waals surface area (Å²) in [5.41, 5.74) is 1.44. The van der Waals surface area contributed by atoms with Gasteiger partial charge in [0.1, 0.15) is 17.1 Å². The van der Waals surface area contributed by atoms with Gasteiger partial charge in [-0.15, -0.1) is 0 Å². The molecule has 1 heterocycles. The predicted molar refractivity (Wildman–Crippen MR) is 117 cm³/mol. The number of rotatable bonds is 6. The van der Waals surface area contributed by atoms with Crippen molar-refractivity contribution < 1.29 is 22.7 Å². The molecule has 0 unspecified atom stereocenters. The molecule has 0 bridgehead atoms. The van der Waals surface area contributed by atoms with Crippen LogP contribution in [0.25, 0.3) is 0 Å². The van der Waals surface area contributed by atoms with E-state index in [4.69, 9.17) is 9.47 Å². The van der Waals surface area contributed by atoms with Crippen LogP contribution in [-0.2, 0) is 10.0 Å². The number of sulfonamides is 1. The summed E-state index contributed by atoms with van der Waals surface area (Å²) >= 11 is 0. The van der Waals surface area contributed by atoms with Crippen LogP contribution in [-0.4, -0.2) is 39.8 Å². The molecule has 3 rings (SSSR count). The molecule has 0 radical (unpaired) electrons. The summed E-state index contributed by atoms with van der Waals surface area (Å²) in [5.74, 6) is 1.16. The van der Waals surface area contributed by atoms with Gasteiger partial charge in [0.2, 0.25) is 10.0 Å². The van der Waals surface area contributed by atoms with Crippen LogP contribution in [0.2, 0.25) is 0 Å². The van der Waals surface area contributed by atoms with Gasteiger partial charge in [0.15, 0.2) is 0 Å². The highest BCUT2D eigenvalue weighted by Gasteiger charge is 2.35. The van der Waals surface area contributed by atoms with Gasteiger partial charge in [-0.3, -0.25) is 9.10 Å². The molecule has 1 atom stereocenters. The highest BCUT2D eigenvalue weighted by atomic mass is 32.2. The van der Waals surface area contributed by atoms with Crippen LogP contribution in [0.4, 0.5) is 5.69 Å². The van der Waals surface area contributed by atoms with Crippen molar-refractivity contribution in [1.29, 1.82) is 0 Å². The van der Waals surface area contributed by atoms with E-state index in [1.54, 1.807) is 38.3 Å². The molecule has 0 saturated carbocycles. The Morgan fingerprint density at radius 2 is 1.90 bits per heavy atom. The van der Waals surface area contributed by atoms with Crippen LogP contribution in [0, 0.1) is 0 Å². The molecule has 0 spiro atoms. The highest BCUT2D eigenvalue weighted by Crippen LogP contribution is 2.41. The van der Waals surface area contributed by atoms with Crippen molar-refractivity contribution in [2.45, 2.75) is 38.8 Å². The minimum atomic E-state index is -3.37. The molecule has 1 aliphatic heterocycles. The van der Waals surface area contributed by atoms with Crippen molar-refractivity contribution >= 4 is 21.6 Å². The smallest absolute Gasteiger partial charge is 0.251 e. The maximum absolute atomic E-state index is 12.9. The number of carbonyl (C=O) groups is 1. The average Bonchev–Trinajstić information content (AvgIpc) is 2.66. The van der Waals surface area contributed by atoms with Gasteiger partial charge in [0, 0.05) is 30.2 Å². The topological polar surface area (TPSA) is 84.9 Å². The van der Waals surface area contributed by atoms with Gasteiger partial charge in [-0.2, -0.15) is 0 Å². The molecule has 8 heteroatoms. The first kappa shape index (κ1) is 22.0. The molecule has 2 aromatic rings. The van der Waals surface area contributed by atoms with E-state index in [-0.39, 0.29) is 11.9 Å². The Balaban J connectivity index is 1.82. The zero-order chi connectivity index (χ0) is 22.1. The summed E-state index contributed by atoms with van der Waals surface area (Å²) in [6.45, 7) is 6.05. The van der Waals surface area contributed by atoms with E-state index in [0.717, 1.165) is 11.8 Å². The number of hydrogen-bond donors (Lipinski definition) is 1. The lowest BCUT2D eigenvalue weighted by Gasteiger charge is -2.38. The van der Waals surface area contributed by atoms with Crippen molar-refractivity contribution in [2.24, 2.45) is 0 Å². The number of ether oxygens (including phenoxy) is 2. The fourth-order valence-electron chi connectivity index (χ4n) is 3.72. The number of benzene rings is 2. The fraction of sp³-hybridized carbons (Fsp3) is 0.409. The summed E-state index contributed by atoms with van der Waals surface area (Å²) in [7, 11) is -1.77. The molecule has 30 heavy (non-hydrogen) atoms. The molecule has 0 aliphatic carbocycles. The minimum Gasteiger partial charge on any atom is -0.497 e. The van der Waals surface area contributed by atoms with Crippen LogP contribution in [0.5, 0.6) is 11.5 Å². The maximum atomic E-state index is 12.9. The summed E-state index contributed by atoms with van der Waals surface area (Å²) in [6.07, 6.45) is 1.78. The van der Waals surface area contributed by atoms with E-state index in [1.165, 1.54) is 4.31 Å². The van der Waals surface area contributed by atoms with Crippen molar-refractivity contribution in [3.8, 4) is 11.5 Å². The van der Waals surface area contributed by atoms with Gasteiger partial charge in [0.25, 0.3) is 5.91 Å². The Kier molecular flexibility index (Phi) is 5.99. The predicted octanol–water partition coefficient (Wildman–Crippen LogP) is 3.51. The molecule has 0 fully saturated rings. The van der Waals surface area contributed by atoms with Crippen LogP contribution >= 0.6 is 0 Å². The Labute approximate surface area is 178 Å². The first-order valence-electron chi connectivity index (χ1n) is 9.79. The van der Waals surface area contributed by atoms with Crippen LogP contribution < -0.4 is 19.1 Å². The van der Waals surface area contributed by atoms with Gasteiger partial charge < -0.3 is 14.8 Å². The lowest BCUT2D eigenvalue weighted by molar-refractivity contribution is 0.0617. The third kappa shape index (κ3) is 4.70. The van der Waals surface area contributed by atoms with Crippen molar-refractivity contribution in [3.05, 3.63) is 53.6 Å². The number of anilines is 1. The Morgan fingerprint density at radius 3 is 2.47 bits per heavy atom. The molecular weight excluding hydrogens is 404 g/mol. The summed E-state index contributed by atoms with van der Waals surface area (Å²) in [6, 6.07) is 11.9. The second-order valence-corrected chi connectivity index (χ2v) is 9.88. The van der Waals surface area contributed by atoms with Gasteiger partial charge in [-0.25, -0.2) is 8.42 Å². The molecule has 162 valence electrons. The van der Waals surface area contributed by atoms with E-state index < -0.39 is 15.6 Å². The number of nitrogens with zero attached hydrogens (tertiary/aromatic N) is 1. The van der Waals surface area contributed by atoms with Crippen LogP contribution in [0.15, 0.2) is 42.5 Å². The van der Waals surface area contributed by atoms with E-state index in [9.17, 15) is 13.2 Å². The van der Waals surface area contributed by atoms with Crippen molar-refractivity contribution in [2.75, 3.05) is 24.2 Å². The summed E-state index contributed by atoms with van der Waals surface area (Å²) in [5, 5.41) is 3.09. The molecular formula is C22H28N2O5S. The third-order valence-corrected chi connectivity index (χ3v) is 6.36. The number of methoxy groups -OCH3 is 1. The first-order valence-corrected chi connectivity index (χ1v) is 11.6. The highest BCUT2D eigenvalue weighted by molar-refractivity contribution is 7.92. The molecule has 1 amide bonds. The fourth-order valence-corrected chi connectivity index (χ4v) is 4.69. The van der Waals surface area contributed by atoms with Crippen molar-refractivity contribution in [1.82, 2.24) is 5.32 Å². The van der Waals surface area contributed by atoms with Gasteiger partial charge in [-0.1, -0.05) is 0 Å². The SMILES string of the molecule is CCN(c1ccc(C(=O)N[C@@H]2CC(C)(C)Oc3cc(OC)ccc32)cc1)S(C)(=O)=O. The minimum absolute atomic E-state index is 0.218. The van der Waals surface area contributed by atoms with E-state index >= 15 is 0 Å². The van der Waals surface area contributed by atoms with Gasteiger partial charge in [0.05, 0.1) is 25.1 Å². The van der Waals surface area contributed by atoms with E-state index in [2.05, 4.69) is 5.32 Å². The zero-order valence-corrected chi connectivity index (χ0v) is 18.7. The Hall–Kier alpha value is -2.74. The largest absolute Gasteiger partial charge is 0.497 e. The average molecular weight is 433 g/mol. The van der Waals surface area contributed by atoms with Gasteiger partial charge >= 0.3 is 0 Å². The van der Waals surface area contributed by atoms with Crippen LogP contribution in [0.3, 0.4) is 0 Å². The summed E-state index contributed by atoms with van der Waals surface area (Å²) in [4.78, 5) is 12.9. The first-order chi connectivity index (χ1) is 14.0. The second kappa shape index (κ2) is 8.18. The molecule has 1 N–H and O–H groups in total. The molecule has 2 aromatic carbocycles. The number of carbonyl (C=O) groups excluding carboxylic acids is 1. The summed E-state index contributed by atoms with van der Waals surface area (Å²) < 4.78 is 36.4. The second-order valence-electron chi connectivity index (χ2n) is 7.97. The normalized spacial score (nSPS) is 17.4. The van der Waals surface area contributed by atoms with E-state index in [1.807, 2.05) is 32.0 Å². The van der Waals surface area contributed by atoms with Gasteiger partial charge in [-0.05, 0) is 57.2 Å². The Morgan fingerprint density at radius 1 is 1.23 bits per heavy atom. The lowest BCUT2D eigenvalue weighted by Crippen LogP contribution is -2.41. The molecule has 7 nitrogen and oxygen atoms in total. The molecule has 0 saturated heterocycles. The molecule has 1 aliphatic rings. The quantitative estimate of drug-likeness (QED) is 0.755. The van der Waals surface area contributed by atoms with Crippen LogP contribution in [0.1, 0.15) is 49.2 Å². The maximum Gasteiger partial charge on any atom is 0.251 e.